The molecule has 7 heteroatoms. The highest BCUT2D eigenvalue weighted by atomic mass is 16.5. The minimum Gasteiger partial charge on any atom is -0.466 e. The highest BCUT2D eigenvalue weighted by Crippen LogP contribution is 2.24. The summed E-state index contributed by atoms with van der Waals surface area (Å²) in [7, 11) is 0. The van der Waals surface area contributed by atoms with Crippen LogP contribution in [0.25, 0.3) is 0 Å². The number of ether oxygens (including phenoxy) is 3. The van der Waals surface area contributed by atoms with Crippen LogP contribution in [0.15, 0.2) is 0 Å². The molecule has 58 heavy (non-hydrogen) atoms. The zero-order chi connectivity index (χ0) is 42.4. The lowest BCUT2D eigenvalue weighted by Gasteiger charge is -2.22. The molecule has 0 aliphatic carbocycles. The molecule has 2 unspecified atom stereocenters. The van der Waals surface area contributed by atoms with Crippen LogP contribution in [0.4, 0.5) is 0 Å². The topological polar surface area (TPSA) is 85.3 Å². The SMILES string of the molecule is CCCCCCCCC(CCCCCC)CC(=O)OCCCCCCN(CCCCCCOC(=O)CC(CCCCCCC)CCCCCCCC)CCOCCO. The molecule has 7 nitrogen and oxygen atoms in total. The Kier molecular flexibility index (Phi) is 45.9. The van der Waals surface area contributed by atoms with Gasteiger partial charge in [-0.15, -0.1) is 0 Å². The Balaban J connectivity index is 4.37. The van der Waals surface area contributed by atoms with Crippen molar-refractivity contribution < 1.29 is 28.9 Å². The Morgan fingerprint density at radius 3 is 1.10 bits per heavy atom. The first-order valence-corrected chi connectivity index (χ1v) is 25.7. The van der Waals surface area contributed by atoms with Gasteiger partial charge >= 0.3 is 11.9 Å². The lowest BCUT2D eigenvalue weighted by Crippen LogP contribution is -2.30. The van der Waals surface area contributed by atoms with E-state index in [1.807, 2.05) is 0 Å². The molecule has 0 amide bonds. The van der Waals surface area contributed by atoms with Crippen LogP contribution >= 0.6 is 0 Å². The number of nitrogens with zero attached hydrogens (tertiary/aromatic N) is 1. The van der Waals surface area contributed by atoms with Crippen LogP contribution in [0.3, 0.4) is 0 Å². The number of rotatable bonds is 48. The van der Waals surface area contributed by atoms with Crippen molar-refractivity contribution >= 4 is 11.9 Å². The molecule has 0 saturated carbocycles. The minimum atomic E-state index is 0.00892. The van der Waals surface area contributed by atoms with E-state index in [9.17, 15) is 9.59 Å². The van der Waals surface area contributed by atoms with Gasteiger partial charge in [-0.2, -0.15) is 0 Å². The van der Waals surface area contributed by atoms with E-state index in [1.165, 1.54) is 161 Å². The molecule has 0 radical (unpaired) electrons. The van der Waals surface area contributed by atoms with Crippen LogP contribution in [0.5, 0.6) is 0 Å². The van der Waals surface area contributed by atoms with E-state index >= 15 is 0 Å². The van der Waals surface area contributed by atoms with Crippen molar-refractivity contribution in [2.75, 3.05) is 52.7 Å². The van der Waals surface area contributed by atoms with E-state index in [2.05, 4.69) is 32.6 Å². The number of aliphatic hydroxyl groups is 1. The second-order valence-electron chi connectivity index (χ2n) is 17.8. The fourth-order valence-electron chi connectivity index (χ4n) is 8.26. The van der Waals surface area contributed by atoms with Crippen molar-refractivity contribution in [3.05, 3.63) is 0 Å². The summed E-state index contributed by atoms with van der Waals surface area (Å²) < 4.78 is 17.1. The molecular formula is C51H101NO6. The minimum absolute atomic E-state index is 0.00892. The summed E-state index contributed by atoms with van der Waals surface area (Å²) in [5, 5.41) is 9.12. The van der Waals surface area contributed by atoms with Gasteiger partial charge in [-0.1, -0.05) is 188 Å². The fraction of sp³-hybridized carbons (Fsp3) is 0.961. The maximum absolute atomic E-state index is 12.8. The van der Waals surface area contributed by atoms with Crippen molar-refractivity contribution in [2.24, 2.45) is 11.8 Å². The summed E-state index contributed by atoms with van der Waals surface area (Å²) in [5.41, 5.74) is 0. The zero-order valence-corrected chi connectivity index (χ0v) is 39.5. The first-order chi connectivity index (χ1) is 28.5. The summed E-state index contributed by atoms with van der Waals surface area (Å²) in [4.78, 5) is 28.0. The molecule has 0 bridgehead atoms. The van der Waals surface area contributed by atoms with Crippen LogP contribution in [-0.2, 0) is 23.8 Å². The van der Waals surface area contributed by atoms with Crippen LogP contribution < -0.4 is 0 Å². The van der Waals surface area contributed by atoms with E-state index in [0.29, 0.717) is 51.1 Å². The molecule has 0 heterocycles. The average Bonchev–Trinajstić information content (AvgIpc) is 3.22. The second-order valence-corrected chi connectivity index (χ2v) is 17.8. The van der Waals surface area contributed by atoms with Crippen molar-refractivity contribution in [3.63, 3.8) is 0 Å². The number of hydrogen-bond acceptors (Lipinski definition) is 7. The van der Waals surface area contributed by atoms with Crippen molar-refractivity contribution in [3.8, 4) is 0 Å². The second kappa shape index (κ2) is 46.9. The molecule has 2 atom stereocenters. The van der Waals surface area contributed by atoms with Crippen molar-refractivity contribution in [1.82, 2.24) is 4.90 Å². The summed E-state index contributed by atoms with van der Waals surface area (Å²) in [6, 6.07) is 0. The normalized spacial score (nSPS) is 12.7. The number of aliphatic hydroxyl groups excluding tert-OH is 1. The van der Waals surface area contributed by atoms with Gasteiger partial charge in [0.2, 0.25) is 0 Å². The Morgan fingerprint density at radius 1 is 0.397 bits per heavy atom. The van der Waals surface area contributed by atoms with E-state index < -0.39 is 0 Å². The van der Waals surface area contributed by atoms with Gasteiger partial charge in [0, 0.05) is 19.4 Å². The first kappa shape index (κ1) is 56.8. The molecular weight excluding hydrogens is 723 g/mol. The molecule has 0 aromatic rings. The van der Waals surface area contributed by atoms with Crippen molar-refractivity contribution in [2.45, 2.75) is 252 Å². The summed E-state index contributed by atoms with van der Waals surface area (Å²) in [6.45, 7) is 14.2. The zero-order valence-electron chi connectivity index (χ0n) is 39.5. The van der Waals surface area contributed by atoms with Gasteiger partial charge in [0.05, 0.1) is 33.0 Å². The maximum Gasteiger partial charge on any atom is 0.306 e. The molecule has 0 aromatic carbocycles. The van der Waals surface area contributed by atoms with E-state index in [-0.39, 0.29) is 18.5 Å². The predicted molar refractivity (Wildman–Crippen MR) is 248 cm³/mol. The third kappa shape index (κ3) is 41.5. The Labute approximate surface area is 361 Å². The quantitative estimate of drug-likeness (QED) is 0.0483. The van der Waals surface area contributed by atoms with Gasteiger partial charge in [0.1, 0.15) is 0 Å². The maximum atomic E-state index is 12.8. The summed E-state index contributed by atoms with van der Waals surface area (Å²) in [5.74, 6) is 0.988. The number of carbonyl (C=O) groups excluding carboxylic acids is 2. The third-order valence-corrected chi connectivity index (χ3v) is 12.1. The van der Waals surface area contributed by atoms with Crippen LogP contribution in [0, 0.1) is 11.8 Å². The van der Waals surface area contributed by atoms with Crippen molar-refractivity contribution in [1.29, 1.82) is 0 Å². The van der Waals surface area contributed by atoms with E-state index in [1.54, 1.807) is 0 Å². The fourth-order valence-corrected chi connectivity index (χ4v) is 8.26. The van der Waals surface area contributed by atoms with Crippen LogP contribution in [0.1, 0.15) is 252 Å². The average molecular weight is 824 g/mol. The largest absolute Gasteiger partial charge is 0.466 e. The number of carbonyl (C=O) groups is 2. The number of hydrogen-bond donors (Lipinski definition) is 1. The molecule has 0 fully saturated rings. The lowest BCUT2D eigenvalue weighted by atomic mass is 9.91. The van der Waals surface area contributed by atoms with Gasteiger partial charge in [0.15, 0.2) is 0 Å². The van der Waals surface area contributed by atoms with Gasteiger partial charge in [-0.05, 0) is 76.3 Å². The number of esters is 2. The van der Waals surface area contributed by atoms with Gasteiger partial charge < -0.3 is 24.2 Å². The highest BCUT2D eigenvalue weighted by Gasteiger charge is 2.16. The molecule has 0 spiro atoms. The van der Waals surface area contributed by atoms with Gasteiger partial charge in [-0.3, -0.25) is 9.59 Å². The van der Waals surface area contributed by atoms with Gasteiger partial charge in [0.25, 0.3) is 0 Å². The first-order valence-electron chi connectivity index (χ1n) is 25.7. The molecule has 346 valence electrons. The van der Waals surface area contributed by atoms with Crippen LogP contribution in [-0.4, -0.2) is 74.6 Å². The standard InChI is InChI=1S/C51H101NO6/c1-5-9-13-17-20-28-36-48(34-26-16-12-8-4)46-50(54)57-42-32-24-22-30-38-52(40-44-56-45-41-53)39-31-23-25-33-43-58-51(55)47-49(35-27-19-15-11-7-3)37-29-21-18-14-10-6-2/h48-49,53H,5-47H2,1-4H3. The molecule has 0 aliphatic rings. The highest BCUT2D eigenvalue weighted by molar-refractivity contribution is 5.70. The van der Waals surface area contributed by atoms with E-state index in [0.717, 1.165) is 71.0 Å². The molecule has 0 aromatic heterocycles. The van der Waals surface area contributed by atoms with Gasteiger partial charge in [-0.25, -0.2) is 0 Å². The summed E-state index contributed by atoms with van der Waals surface area (Å²) >= 11 is 0. The smallest absolute Gasteiger partial charge is 0.306 e. The predicted octanol–water partition coefficient (Wildman–Crippen LogP) is 14.3. The monoisotopic (exact) mass is 824 g/mol. The van der Waals surface area contributed by atoms with Crippen LogP contribution in [0.2, 0.25) is 0 Å². The number of unbranched alkanes of at least 4 members (excludes halogenated alkanes) is 23. The molecule has 0 saturated heterocycles. The molecule has 0 rings (SSSR count). The Hall–Kier alpha value is -1.18. The third-order valence-electron chi connectivity index (χ3n) is 12.1. The Morgan fingerprint density at radius 2 is 0.724 bits per heavy atom. The molecule has 0 aliphatic heterocycles. The lowest BCUT2D eigenvalue weighted by molar-refractivity contribution is -0.146. The summed E-state index contributed by atoms with van der Waals surface area (Å²) in [6.07, 6.45) is 41.6. The van der Waals surface area contributed by atoms with E-state index in [4.69, 9.17) is 19.3 Å². The molecule has 1 N–H and O–H groups in total. The Bertz CT molecular complexity index is 840.